The van der Waals surface area contributed by atoms with Crippen LogP contribution in [0.15, 0.2) is 24.3 Å². The van der Waals surface area contributed by atoms with Gasteiger partial charge in [0.05, 0.1) is 13.2 Å². The first-order chi connectivity index (χ1) is 10.0. The Hall–Kier alpha value is -1.92. The van der Waals surface area contributed by atoms with Gasteiger partial charge >= 0.3 is 6.03 Å². The molecule has 1 unspecified atom stereocenters. The third-order valence-corrected chi connectivity index (χ3v) is 3.60. The van der Waals surface area contributed by atoms with E-state index in [1.165, 1.54) is 6.92 Å². The van der Waals surface area contributed by atoms with Crippen LogP contribution in [0.5, 0.6) is 0 Å². The van der Waals surface area contributed by atoms with Crippen molar-refractivity contribution in [2.75, 3.05) is 32.2 Å². The van der Waals surface area contributed by atoms with E-state index in [1.54, 1.807) is 31.4 Å². The smallest absolute Gasteiger partial charge is 0.319 e. The molecule has 0 radical (unpaired) electrons. The lowest BCUT2D eigenvalue weighted by molar-refractivity contribution is -0.0135. The highest BCUT2D eigenvalue weighted by Crippen LogP contribution is 2.21. The molecule has 6 heteroatoms. The summed E-state index contributed by atoms with van der Waals surface area (Å²) in [6.07, 6.45) is 0.754. The molecule has 1 aromatic rings. The summed E-state index contributed by atoms with van der Waals surface area (Å²) >= 11 is 0. The van der Waals surface area contributed by atoms with Gasteiger partial charge in [-0.3, -0.25) is 4.79 Å². The van der Waals surface area contributed by atoms with E-state index in [4.69, 9.17) is 9.47 Å². The van der Waals surface area contributed by atoms with Gasteiger partial charge in [0.1, 0.15) is 5.60 Å². The Morgan fingerprint density at radius 3 is 2.86 bits per heavy atom. The summed E-state index contributed by atoms with van der Waals surface area (Å²) in [7, 11) is 1.62. The number of hydrogen-bond acceptors (Lipinski definition) is 4. The van der Waals surface area contributed by atoms with Crippen LogP contribution < -0.4 is 10.6 Å². The number of carbonyl (C=O) groups is 2. The zero-order valence-corrected chi connectivity index (χ0v) is 12.3. The summed E-state index contributed by atoms with van der Waals surface area (Å²) in [5.41, 5.74) is 0.693. The minimum atomic E-state index is -0.446. The second-order valence-electron chi connectivity index (χ2n) is 5.13. The summed E-state index contributed by atoms with van der Waals surface area (Å²) in [4.78, 5) is 23.2. The second-order valence-corrected chi connectivity index (χ2v) is 5.13. The quantitative estimate of drug-likeness (QED) is 0.812. The zero-order valence-electron chi connectivity index (χ0n) is 12.3. The summed E-state index contributed by atoms with van der Waals surface area (Å²) < 4.78 is 10.7. The Labute approximate surface area is 123 Å². The average molecular weight is 292 g/mol. The molecule has 1 aromatic carbocycles. The van der Waals surface area contributed by atoms with E-state index in [0.717, 1.165) is 6.42 Å². The SMILES string of the molecule is COC1(CNC(=O)Nc2cccc(C(C)=O)c2)CCOC1. The van der Waals surface area contributed by atoms with Crippen molar-refractivity contribution in [2.24, 2.45) is 0 Å². The van der Waals surface area contributed by atoms with Crippen molar-refractivity contribution >= 4 is 17.5 Å². The van der Waals surface area contributed by atoms with E-state index in [2.05, 4.69) is 10.6 Å². The fraction of sp³-hybridized carbons (Fsp3) is 0.467. The number of ether oxygens (including phenoxy) is 2. The van der Waals surface area contributed by atoms with Crippen LogP contribution in [0.4, 0.5) is 10.5 Å². The molecule has 1 fully saturated rings. The fourth-order valence-corrected chi connectivity index (χ4v) is 2.19. The maximum atomic E-state index is 11.9. The van der Waals surface area contributed by atoms with Gasteiger partial charge in [0.25, 0.3) is 0 Å². The van der Waals surface area contributed by atoms with Crippen LogP contribution in [0.25, 0.3) is 0 Å². The number of anilines is 1. The van der Waals surface area contributed by atoms with Crippen LogP contribution in [0, 0.1) is 0 Å². The molecule has 1 aliphatic heterocycles. The number of amides is 2. The maximum Gasteiger partial charge on any atom is 0.319 e. The van der Waals surface area contributed by atoms with Crippen LogP contribution >= 0.6 is 0 Å². The molecule has 1 heterocycles. The van der Waals surface area contributed by atoms with E-state index >= 15 is 0 Å². The number of urea groups is 1. The molecule has 1 aliphatic rings. The lowest BCUT2D eigenvalue weighted by Gasteiger charge is -2.25. The first-order valence-electron chi connectivity index (χ1n) is 6.83. The van der Waals surface area contributed by atoms with Gasteiger partial charge in [-0.25, -0.2) is 4.79 Å². The van der Waals surface area contributed by atoms with Gasteiger partial charge in [-0.05, 0) is 19.1 Å². The van der Waals surface area contributed by atoms with Gasteiger partial charge in [0.2, 0.25) is 0 Å². The molecule has 1 saturated heterocycles. The predicted molar refractivity (Wildman–Crippen MR) is 78.6 cm³/mol. The standard InChI is InChI=1S/C15H20N2O4/c1-11(18)12-4-3-5-13(8-12)17-14(19)16-9-15(20-2)6-7-21-10-15/h3-5,8H,6-7,9-10H2,1-2H3,(H2,16,17,19). The molecule has 0 spiro atoms. The highest BCUT2D eigenvalue weighted by molar-refractivity contribution is 5.96. The first-order valence-corrected chi connectivity index (χ1v) is 6.83. The minimum Gasteiger partial charge on any atom is -0.378 e. The van der Waals surface area contributed by atoms with Crippen molar-refractivity contribution in [3.8, 4) is 0 Å². The largest absolute Gasteiger partial charge is 0.378 e. The number of nitrogens with one attached hydrogen (secondary N) is 2. The average Bonchev–Trinajstić information content (AvgIpc) is 2.95. The van der Waals surface area contributed by atoms with Gasteiger partial charge in [-0.1, -0.05) is 12.1 Å². The Kier molecular flexibility index (Phi) is 4.93. The van der Waals surface area contributed by atoms with Gasteiger partial charge in [-0.15, -0.1) is 0 Å². The molecule has 0 bridgehead atoms. The van der Waals surface area contributed by atoms with Crippen molar-refractivity contribution < 1.29 is 19.1 Å². The van der Waals surface area contributed by atoms with Crippen LogP contribution in [0.2, 0.25) is 0 Å². The van der Waals surface area contributed by atoms with Crippen LogP contribution in [0.1, 0.15) is 23.7 Å². The summed E-state index contributed by atoms with van der Waals surface area (Å²) in [6, 6.07) is 6.48. The fourth-order valence-electron chi connectivity index (χ4n) is 2.19. The normalized spacial score (nSPS) is 21.0. The Morgan fingerprint density at radius 1 is 1.43 bits per heavy atom. The van der Waals surface area contributed by atoms with Crippen molar-refractivity contribution in [3.63, 3.8) is 0 Å². The van der Waals surface area contributed by atoms with Crippen LogP contribution in [0.3, 0.4) is 0 Å². The molecule has 0 aromatic heterocycles. The number of hydrogen-bond donors (Lipinski definition) is 2. The predicted octanol–water partition coefficient (Wildman–Crippen LogP) is 1.82. The number of carbonyl (C=O) groups excluding carboxylic acids is 2. The van der Waals surface area contributed by atoms with E-state index in [-0.39, 0.29) is 11.8 Å². The van der Waals surface area contributed by atoms with Crippen molar-refractivity contribution in [1.82, 2.24) is 5.32 Å². The zero-order chi connectivity index (χ0) is 15.3. The van der Waals surface area contributed by atoms with E-state index in [1.807, 2.05) is 0 Å². The molecular formula is C15H20N2O4. The molecule has 2 rings (SSSR count). The lowest BCUT2D eigenvalue weighted by atomic mass is 10.0. The molecule has 21 heavy (non-hydrogen) atoms. The van der Waals surface area contributed by atoms with Crippen molar-refractivity contribution in [1.29, 1.82) is 0 Å². The van der Waals surface area contributed by atoms with E-state index in [9.17, 15) is 9.59 Å². The second kappa shape index (κ2) is 6.69. The van der Waals surface area contributed by atoms with E-state index < -0.39 is 5.60 Å². The minimum absolute atomic E-state index is 0.0412. The van der Waals surface area contributed by atoms with Gasteiger partial charge in [0.15, 0.2) is 5.78 Å². The molecule has 6 nitrogen and oxygen atoms in total. The van der Waals surface area contributed by atoms with Crippen molar-refractivity contribution in [3.05, 3.63) is 29.8 Å². The number of ketones is 1. The number of benzene rings is 1. The molecule has 114 valence electrons. The van der Waals surface area contributed by atoms with Crippen molar-refractivity contribution in [2.45, 2.75) is 18.9 Å². The van der Waals surface area contributed by atoms with Crippen LogP contribution in [-0.2, 0) is 9.47 Å². The highest BCUT2D eigenvalue weighted by Gasteiger charge is 2.35. The Bertz CT molecular complexity index is 524. The third-order valence-electron chi connectivity index (χ3n) is 3.60. The Morgan fingerprint density at radius 2 is 2.24 bits per heavy atom. The molecule has 0 aliphatic carbocycles. The molecular weight excluding hydrogens is 272 g/mol. The van der Waals surface area contributed by atoms with Gasteiger partial charge in [-0.2, -0.15) is 0 Å². The third kappa shape index (κ3) is 4.03. The highest BCUT2D eigenvalue weighted by atomic mass is 16.5. The Balaban J connectivity index is 1.90. The first kappa shape index (κ1) is 15.5. The summed E-state index contributed by atoms with van der Waals surface area (Å²) in [6.45, 7) is 2.98. The summed E-state index contributed by atoms with van der Waals surface area (Å²) in [5.74, 6) is -0.0412. The molecule has 2 amide bonds. The maximum absolute atomic E-state index is 11.9. The lowest BCUT2D eigenvalue weighted by Crippen LogP contribution is -2.46. The molecule has 0 saturated carbocycles. The van der Waals surface area contributed by atoms with Gasteiger partial charge < -0.3 is 20.1 Å². The van der Waals surface area contributed by atoms with E-state index in [0.29, 0.717) is 31.0 Å². The summed E-state index contributed by atoms with van der Waals surface area (Å²) in [5, 5.41) is 5.48. The van der Waals surface area contributed by atoms with Crippen LogP contribution in [-0.4, -0.2) is 44.3 Å². The topological polar surface area (TPSA) is 76.7 Å². The molecule has 1 atom stereocenters. The van der Waals surface area contributed by atoms with Gasteiger partial charge in [0, 0.05) is 31.4 Å². The number of rotatable bonds is 5. The number of methoxy groups -OCH3 is 1. The monoisotopic (exact) mass is 292 g/mol. The number of Topliss-reactive ketones (excluding diaryl/α,β-unsaturated/α-hetero) is 1. The molecule has 2 N–H and O–H groups in total.